The molecule has 4 nitrogen and oxygen atoms in total. The summed E-state index contributed by atoms with van der Waals surface area (Å²) in [6, 6.07) is 12.7. The Morgan fingerprint density at radius 2 is 2.00 bits per heavy atom. The first-order chi connectivity index (χ1) is 9.65. The fourth-order valence-electron chi connectivity index (χ4n) is 2.10. The SMILES string of the molecule is Nc1cc(Cn2ncc3ccccc3c2=O)ccc1Cl. The summed E-state index contributed by atoms with van der Waals surface area (Å²) >= 11 is 5.88. The van der Waals surface area contributed by atoms with Gasteiger partial charge in [0, 0.05) is 5.39 Å². The molecule has 0 radical (unpaired) electrons. The number of nitrogens with two attached hydrogens (primary N) is 1. The van der Waals surface area contributed by atoms with Gasteiger partial charge in [0.15, 0.2) is 0 Å². The van der Waals surface area contributed by atoms with Crippen LogP contribution in [0.15, 0.2) is 53.5 Å². The van der Waals surface area contributed by atoms with Crippen molar-refractivity contribution in [3.8, 4) is 0 Å². The van der Waals surface area contributed by atoms with E-state index in [2.05, 4.69) is 5.10 Å². The van der Waals surface area contributed by atoms with Crippen molar-refractivity contribution in [1.82, 2.24) is 9.78 Å². The third-order valence-corrected chi connectivity index (χ3v) is 3.50. The monoisotopic (exact) mass is 285 g/mol. The van der Waals surface area contributed by atoms with Crippen molar-refractivity contribution >= 4 is 28.1 Å². The molecule has 0 bridgehead atoms. The van der Waals surface area contributed by atoms with Crippen LogP contribution in [0, 0.1) is 0 Å². The van der Waals surface area contributed by atoms with Crippen LogP contribution in [0.4, 0.5) is 5.69 Å². The van der Waals surface area contributed by atoms with Gasteiger partial charge in [-0.05, 0) is 23.8 Å². The van der Waals surface area contributed by atoms with E-state index in [1.54, 1.807) is 24.4 Å². The molecule has 0 spiro atoms. The number of halogens is 1. The van der Waals surface area contributed by atoms with Crippen molar-refractivity contribution in [2.75, 3.05) is 5.73 Å². The molecule has 2 N–H and O–H groups in total. The van der Waals surface area contributed by atoms with Gasteiger partial charge in [-0.3, -0.25) is 4.79 Å². The molecule has 1 aromatic heterocycles. The predicted molar refractivity (Wildman–Crippen MR) is 81.0 cm³/mol. The average molecular weight is 286 g/mol. The van der Waals surface area contributed by atoms with Gasteiger partial charge in [-0.1, -0.05) is 35.9 Å². The van der Waals surface area contributed by atoms with Crippen LogP contribution in [-0.2, 0) is 6.54 Å². The maximum atomic E-state index is 12.3. The predicted octanol–water partition coefficient (Wildman–Crippen LogP) is 2.68. The van der Waals surface area contributed by atoms with Crippen molar-refractivity contribution in [2.24, 2.45) is 0 Å². The number of nitrogens with zero attached hydrogens (tertiary/aromatic N) is 2. The second-order valence-corrected chi connectivity index (χ2v) is 4.96. The van der Waals surface area contributed by atoms with Gasteiger partial charge in [-0.25, -0.2) is 4.68 Å². The van der Waals surface area contributed by atoms with Crippen molar-refractivity contribution in [3.05, 3.63) is 69.6 Å². The van der Waals surface area contributed by atoms with Gasteiger partial charge in [-0.15, -0.1) is 0 Å². The second kappa shape index (κ2) is 4.98. The summed E-state index contributed by atoms with van der Waals surface area (Å²) < 4.78 is 1.42. The topological polar surface area (TPSA) is 60.9 Å². The highest BCUT2D eigenvalue weighted by Gasteiger charge is 2.05. The van der Waals surface area contributed by atoms with Crippen molar-refractivity contribution < 1.29 is 0 Å². The standard InChI is InChI=1S/C15H12ClN3O/c16-13-6-5-10(7-14(13)17)9-19-15(20)12-4-2-1-3-11(12)8-18-19/h1-8H,9,17H2. The molecule has 0 aliphatic rings. The Labute approximate surface area is 120 Å². The summed E-state index contributed by atoms with van der Waals surface area (Å²) in [7, 11) is 0. The molecule has 0 saturated heterocycles. The molecule has 0 unspecified atom stereocenters. The molecule has 0 amide bonds. The van der Waals surface area contributed by atoms with E-state index in [0.29, 0.717) is 22.6 Å². The van der Waals surface area contributed by atoms with Gasteiger partial charge < -0.3 is 5.73 Å². The van der Waals surface area contributed by atoms with Crippen molar-refractivity contribution in [3.63, 3.8) is 0 Å². The Balaban J connectivity index is 2.04. The zero-order valence-corrected chi connectivity index (χ0v) is 11.3. The van der Waals surface area contributed by atoms with Gasteiger partial charge in [0.25, 0.3) is 5.56 Å². The van der Waals surface area contributed by atoms with Crippen molar-refractivity contribution in [1.29, 1.82) is 0 Å². The fraction of sp³-hybridized carbons (Fsp3) is 0.0667. The Bertz CT molecular complexity index is 842. The molecular weight excluding hydrogens is 274 g/mol. The van der Waals surface area contributed by atoms with Gasteiger partial charge in [0.1, 0.15) is 0 Å². The first-order valence-electron chi connectivity index (χ1n) is 6.14. The first kappa shape index (κ1) is 12.7. The number of rotatable bonds is 2. The van der Waals surface area contributed by atoms with Gasteiger partial charge >= 0.3 is 0 Å². The Morgan fingerprint density at radius 1 is 1.20 bits per heavy atom. The van der Waals surface area contributed by atoms with Crippen molar-refractivity contribution in [2.45, 2.75) is 6.54 Å². The average Bonchev–Trinajstić information content (AvgIpc) is 2.46. The third-order valence-electron chi connectivity index (χ3n) is 3.15. The number of hydrogen-bond donors (Lipinski definition) is 1. The van der Waals surface area contributed by atoms with Crippen LogP contribution < -0.4 is 11.3 Å². The molecule has 3 rings (SSSR count). The zero-order chi connectivity index (χ0) is 14.1. The minimum absolute atomic E-state index is 0.114. The van der Waals surface area contributed by atoms with Crippen LogP contribution in [0.2, 0.25) is 5.02 Å². The van der Waals surface area contributed by atoms with E-state index < -0.39 is 0 Å². The molecule has 0 aliphatic heterocycles. The lowest BCUT2D eigenvalue weighted by Gasteiger charge is -2.07. The number of anilines is 1. The molecule has 0 fully saturated rings. The third kappa shape index (κ3) is 2.26. The molecule has 20 heavy (non-hydrogen) atoms. The summed E-state index contributed by atoms with van der Waals surface area (Å²) in [5.74, 6) is 0. The van der Waals surface area contributed by atoms with E-state index in [4.69, 9.17) is 17.3 Å². The smallest absolute Gasteiger partial charge is 0.274 e. The quantitative estimate of drug-likeness (QED) is 0.737. The molecule has 1 heterocycles. The fourth-order valence-corrected chi connectivity index (χ4v) is 2.22. The van der Waals surface area contributed by atoms with Gasteiger partial charge in [0.2, 0.25) is 0 Å². The number of nitrogen functional groups attached to an aromatic ring is 1. The minimum Gasteiger partial charge on any atom is -0.398 e. The summed E-state index contributed by atoms with van der Waals surface area (Å²) in [6.07, 6.45) is 1.69. The van der Waals surface area contributed by atoms with E-state index >= 15 is 0 Å². The minimum atomic E-state index is -0.114. The summed E-state index contributed by atoms with van der Waals surface area (Å²) in [5, 5.41) is 6.19. The molecular formula is C15H12ClN3O. The van der Waals surface area contributed by atoms with Gasteiger partial charge in [-0.2, -0.15) is 5.10 Å². The number of benzene rings is 2. The van der Waals surface area contributed by atoms with E-state index in [1.807, 2.05) is 24.3 Å². The zero-order valence-electron chi connectivity index (χ0n) is 10.6. The largest absolute Gasteiger partial charge is 0.398 e. The Hall–Kier alpha value is -2.33. The van der Waals surface area contributed by atoms with Crippen LogP contribution in [0.3, 0.4) is 0 Å². The second-order valence-electron chi connectivity index (χ2n) is 4.55. The van der Waals surface area contributed by atoms with E-state index in [-0.39, 0.29) is 5.56 Å². The molecule has 0 aliphatic carbocycles. The van der Waals surface area contributed by atoms with E-state index in [1.165, 1.54) is 4.68 Å². The first-order valence-corrected chi connectivity index (χ1v) is 6.52. The highest BCUT2D eigenvalue weighted by atomic mass is 35.5. The van der Waals surface area contributed by atoms with Crippen LogP contribution in [0.5, 0.6) is 0 Å². The summed E-state index contributed by atoms with van der Waals surface area (Å²) in [6.45, 7) is 0.366. The molecule has 2 aromatic carbocycles. The van der Waals surface area contributed by atoms with Crippen LogP contribution in [-0.4, -0.2) is 9.78 Å². The maximum absolute atomic E-state index is 12.3. The van der Waals surface area contributed by atoms with E-state index in [9.17, 15) is 4.79 Å². The number of fused-ring (bicyclic) bond motifs is 1. The molecule has 0 saturated carbocycles. The normalized spacial score (nSPS) is 10.8. The Morgan fingerprint density at radius 3 is 2.80 bits per heavy atom. The highest BCUT2D eigenvalue weighted by Crippen LogP contribution is 2.19. The molecule has 5 heteroatoms. The Kier molecular flexibility index (Phi) is 3.16. The maximum Gasteiger partial charge on any atom is 0.274 e. The van der Waals surface area contributed by atoms with Crippen LogP contribution in [0.1, 0.15) is 5.56 Å². The van der Waals surface area contributed by atoms with Crippen LogP contribution in [0.25, 0.3) is 10.8 Å². The van der Waals surface area contributed by atoms with E-state index in [0.717, 1.165) is 10.9 Å². The van der Waals surface area contributed by atoms with Crippen LogP contribution >= 0.6 is 11.6 Å². The lowest BCUT2D eigenvalue weighted by Crippen LogP contribution is -2.23. The molecule has 0 atom stereocenters. The molecule has 100 valence electrons. The number of aromatic nitrogens is 2. The lowest BCUT2D eigenvalue weighted by molar-refractivity contribution is 0.647. The lowest BCUT2D eigenvalue weighted by atomic mass is 10.2. The summed E-state index contributed by atoms with van der Waals surface area (Å²) in [5.41, 5.74) is 7.03. The van der Waals surface area contributed by atoms with Gasteiger partial charge in [0.05, 0.1) is 28.8 Å². The molecule has 3 aromatic rings. The highest BCUT2D eigenvalue weighted by molar-refractivity contribution is 6.33. The number of hydrogen-bond acceptors (Lipinski definition) is 3. The summed E-state index contributed by atoms with van der Waals surface area (Å²) in [4.78, 5) is 12.3.